The highest BCUT2D eigenvalue weighted by molar-refractivity contribution is 6.33. The minimum atomic E-state index is 0.0266. The van der Waals surface area contributed by atoms with Crippen molar-refractivity contribution in [3.8, 4) is 5.75 Å². The number of nitrogens with zero attached hydrogens (tertiary/aromatic N) is 2. The van der Waals surface area contributed by atoms with E-state index >= 15 is 0 Å². The lowest BCUT2D eigenvalue weighted by Crippen LogP contribution is -1.87. The third-order valence-corrected chi connectivity index (χ3v) is 2.83. The first-order valence-corrected chi connectivity index (χ1v) is 5.17. The molecule has 0 aliphatic heterocycles. The number of aromatic hydroxyl groups is 1. The lowest BCUT2D eigenvalue weighted by Gasteiger charge is -2.03. The van der Waals surface area contributed by atoms with Crippen LogP contribution in [0.15, 0.2) is 36.4 Å². The predicted octanol–water partition coefficient (Wildman–Crippen LogP) is 3.14. The van der Waals surface area contributed by atoms with Crippen molar-refractivity contribution in [3.63, 3.8) is 0 Å². The Morgan fingerprint density at radius 2 is 1.69 bits per heavy atom. The van der Waals surface area contributed by atoms with E-state index in [1.807, 2.05) is 24.3 Å². The molecule has 3 nitrogen and oxygen atoms in total. The predicted molar refractivity (Wildman–Crippen MR) is 63.7 cm³/mol. The summed E-state index contributed by atoms with van der Waals surface area (Å²) in [7, 11) is 0. The van der Waals surface area contributed by atoms with Gasteiger partial charge in [0.2, 0.25) is 0 Å². The molecule has 16 heavy (non-hydrogen) atoms. The second kappa shape index (κ2) is 3.32. The maximum Gasteiger partial charge on any atom is 0.136 e. The van der Waals surface area contributed by atoms with Gasteiger partial charge in [0.25, 0.3) is 0 Å². The summed E-state index contributed by atoms with van der Waals surface area (Å²) in [6.07, 6.45) is 0. The van der Waals surface area contributed by atoms with Crippen LogP contribution in [-0.4, -0.2) is 15.3 Å². The number of rotatable bonds is 0. The van der Waals surface area contributed by atoms with Crippen LogP contribution in [0, 0.1) is 0 Å². The van der Waals surface area contributed by atoms with E-state index in [0.29, 0.717) is 10.5 Å². The van der Waals surface area contributed by atoms with E-state index in [-0.39, 0.29) is 5.75 Å². The Bertz CT molecular complexity index is 697. The molecule has 2 aromatic carbocycles. The molecule has 1 heterocycles. The Balaban J connectivity index is 2.55. The van der Waals surface area contributed by atoms with Crippen molar-refractivity contribution in [2.24, 2.45) is 0 Å². The zero-order valence-electron chi connectivity index (χ0n) is 8.18. The molecule has 1 N–H and O–H groups in total. The van der Waals surface area contributed by atoms with Crippen LogP contribution in [0.25, 0.3) is 21.8 Å². The van der Waals surface area contributed by atoms with Crippen LogP contribution < -0.4 is 0 Å². The maximum absolute atomic E-state index is 9.49. The van der Waals surface area contributed by atoms with Crippen molar-refractivity contribution in [1.29, 1.82) is 0 Å². The van der Waals surface area contributed by atoms with E-state index in [0.717, 1.165) is 16.3 Å². The van der Waals surface area contributed by atoms with Gasteiger partial charge in [0.05, 0.1) is 16.1 Å². The minimum Gasteiger partial charge on any atom is -0.506 e. The zero-order valence-corrected chi connectivity index (χ0v) is 8.94. The molecule has 0 aliphatic rings. The number of hydrogen-bond acceptors (Lipinski definition) is 3. The number of fused-ring (bicyclic) bond motifs is 3. The third-order valence-electron chi connectivity index (χ3n) is 2.52. The van der Waals surface area contributed by atoms with Gasteiger partial charge in [-0.25, -0.2) is 0 Å². The van der Waals surface area contributed by atoms with Crippen LogP contribution in [0.3, 0.4) is 0 Å². The summed E-state index contributed by atoms with van der Waals surface area (Å²) in [4.78, 5) is 0. The topological polar surface area (TPSA) is 46.0 Å². The molecule has 0 atom stereocenters. The molecular formula is C12H7ClN2O. The van der Waals surface area contributed by atoms with E-state index in [2.05, 4.69) is 10.2 Å². The van der Waals surface area contributed by atoms with Gasteiger partial charge in [-0.2, -0.15) is 0 Å². The first-order valence-electron chi connectivity index (χ1n) is 4.79. The van der Waals surface area contributed by atoms with Crippen molar-refractivity contribution in [2.75, 3.05) is 0 Å². The monoisotopic (exact) mass is 230 g/mol. The number of benzene rings is 2. The van der Waals surface area contributed by atoms with Gasteiger partial charge in [0, 0.05) is 16.8 Å². The molecule has 3 rings (SSSR count). The first-order chi connectivity index (χ1) is 7.75. The summed E-state index contributed by atoms with van der Waals surface area (Å²) in [6, 6.07) is 10.9. The Kier molecular flexibility index (Phi) is 1.94. The molecule has 0 aliphatic carbocycles. The molecule has 0 bridgehead atoms. The number of aromatic nitrogens is 2. The fourth-order valence-electron chi connectivity index (χ4n) is 1.75. The molecule has 0 spiro atoms. The zero-order chi connectivity index (χ0) is 11.1. The fourth-order valence-corrected chi connectivity index (χ4v) is 1.91. The molecule has 0 saturated carbocycles. The highest BCUT2D eigenvalue weighted by Gasteiger charge is 2.06. The van der Waals surface area contributed by atoms with Crippen molar-refractivity contribution in [2.45, 2.75) is 0 Å². The number of halogens is 1. The third kappa shape index (κ3) is 1.29. The van der Waals surface area contributed by atoms with E-state index in [4.69, 9.17) is 11.6 Å². The van der Waals surface area contributed by atoms with Gasteiger partial charge < -0.3 is 5.11 Å². The molecule has 0 fully saturated rings. The SMILES string of the molecule is Oc1cc2nnc3ccccc3c2cc1Cl. The summed E-state index contributed by atoms with van der Waals surface area (Å²) in [6.45, 7) is 0. The fraction of sp³-hybridized carbons (Fsp3) is 0. The second-order valence-corrected chi connectivity index (χ2v) is 3.95. The van der Waals surface area contributed by atoms with Crippen molar-refractivity contribution in [3.05, 3.63) is 41.4 Å². The Morgan fingerprint density at radius 3 is 2.56 bits per heavy atom. The number of hydrogen-bond donors (Lipinski definition) is 1. The first kappa shape index (κ1) is 9.36. The van der Waals surface area contributed by atoms with Gasteiger partial charge in [-0.1, -0.05) is 29.8 Å². The molecule has 3 aromatic rings. The van der Waals surface area contributed by atoms with Crippen LogP contribution in [0.1, 0.15) is 0 Å². The standard InChI is InChI=1S/C12H7ClN2O/c13-9-5-8-7-3-1-2-4-10(7)14-15-11(8)6-12(9)16/h1-6,16H. The number of phenols is 1. The molecular weight excluding hydrogens is 224 g/mol. The van der Waals surface area contributed by atoms with Gasteiger partial charge in [-0.05, 0) is 12.1 Å². The largest absolute Gasteiger partial charge is 0.506 e. The normalized spacial score (nSPS) is 11.1. The van der Waals surface area contributed by atoms with Crippen LogP contribution in [-0.2, 0) is 0 Å². The lowest BCUT2D eigenvalue weighted by atomic mass is 10.1. The van der Waals surface area contributed by atoms with E-state index < -0.39 is 0 Å². The smallest absolute Gasteiger partial charge is 0.136 e. The molecule has 0 amide bonds. The van der Waals surface area contributed by atoms with E-state index in [1.165, 1.54) is 6.07 Å². The summed E-state index contributed by atoms with van der Waals surface area (Å²) in [5, 5.41) is 19.8. The summed E-state index contributed by atoms with van der Waals surface area (Å²) in [5.74, 6) is 0.0266. The Labute approximate surface area is 96.3 Å². The molecule has 4 heteroatoms. The van der Waals surface area contributed by atoms with Crippen LogP contribution in [0.4, 0.5) is 0 Å². The Morgan fingerprint density at radius 1 is 0.938 bits per heavy atom. The second-order valence-electron chi connectivity index (χ2n) is 3.54. The minimum absolute atomic E-state index is 0.0266. The summed E-state index contributed by atoms with van der Waals surface area (Å²) in [5.41, 5.74) is 1.46. The lowest BCUT2D eigenvalue weighted by molar-refractivity contribution is 0.476. The van der Waals surface area contributed by atoms with Gasteiger partial charge in [-0.3, -0.25) is 0 Å². The summed E-state index contributed by atoms with van der Waals surface area (Å²) < 4.78 is 0. The average molecular weight is 231 g/mol. The maximum atomic E-state index is 9.49. The molecule has 0 saturated heterocycles. The van der Waals surface area contributed by atoms with Crippen molar-refractivity contribution < 1.29 is 5.11 Å². The summed E-state index contributed by atoms with van der Waals surface area (Å²) >= 11 is 5.89. The highest BCUT2D eigenvalue weighted by atomic mass is 35.5. The molecule has 1 aromatic heterocycles. The van der Waals surface area contributed by atoms with Gasteiger partial charge in [0.15, 0.2) is 0 Å². The molecule has 78 valence electrons. The van der Waals surface area contributed by atoms with E-state index in [1.54, 1.807) is 6.07 Å². The number of phenolic OH excluding ortho intramolecular Hbond substituents is 1. The molecule has 0 unspecified atom stereocenters. The van der Waals surface area contributed by atoms with Gasteiger partial charge in [-0.15, -0.1) is 10.2 Å². The van der Waals surface area contributed by atoms with E-state index in [9.17, 15) is 5.11 Å². The highest BCUT2D eigenvalue weighted by Crippen LogP contribution is 2.30. The van der Waals surface area contributed by atoms with Crippen molar-refractivity contribution >= 4 is 33.4 Å². The average Bonchev–Trinajstić information content (AvgIpc) is 2.31. The Hall–Kier alpha value is -1.87. The molecule has 0 radical (unpaired) electrons. The van der Waals surface area contributed by atoms with Gasteiger partial charge >= 0.3 is 0 Å². The van der Waals surface area contributed by atoms with Crippen LogP contribution >= 0.6 is 11.6 Å². The van der Waals surface area contributed by atoms with Crippen LogP contribution in [0.2, 0.25) is 5.02 Å². The van der Waals surface area contributed by atoms with Gasteiger partial charge in [0.1, 0.15) is 5.75 Å². The van der Waals surface area contributed by atoms with Crippen molar-refractivity contribution in [1.82, 2.24) is 10.2 Å². The van der Waals surface area contributed by atoms with Crippen LogP contribution in [0.5, 0.6) is 5.75 Å². The quantitative estimate of drug-likeness (QED) is 0.604.